The number of benzene rings is 1. The normalized spacial score (nSPS) is 14.9. The number of nitrogens with two attached hydrogens (primary N) is 1. The third-order valence-electron chi connectivity index (χ3n) is 3.28. The zero-order chi connectivity index (χ0) is 14.5. The van der Waals surface area contributed by atoms with Crippen LogP contribution in [0.5, 0.6) is 0 Å². The van der Waals surface area contributed by atoms with Crippen molar-refractivity contribution in [3.05, 3.63) is 22.2 Å². The molecule has 0 aliphatic heterocycles. The molecule has 2 rings (SSSR count). The second kappa shape index (κ2) is 7.16. The molecule has 1 aromatic carbocycles. The van der Waals surface area contributed by atoms with Crippen LogP contribution < -0.4 is 11.1 Å². The van der Waals surface area contributed by atoms with Gasteiger partial charge in [-0.3, -0.25) is 4.79 Å². The summed E-state index contributed by atoms with van der Waals surface area (Å²) in [6.07, 6.45) is 5.00. The summed E-state index contributed by atoms with van der Waals surface area (Å²) in [5.74, 6) is -0.129. The quantitative estimate of drug-likeness (QED) is 0.618. The SMILES string of the molecule is Nc1cc(Cl)c(NC(=O)CCCOC2CCC2)c(Cl)c1. The lowest BCUT2D eigenvalue weighted by atomic mass is 9.96. The molecule has 0 heterocycles. The van der Waals surface area contributed by atoms with Crippen LogP contribution in [-0.4, -0.2) is 18.6 Å². The van der Waals surface area contributed by atoms with Gasteiger partial charge in [-0.05, 0) is 37.8 Å². The summed E-state index contributed by atoms with van der Waals surface area (Å²) in [6.45, 7) is 0.612. The third-order valence-corrected chi connectivity index (χ3v) is 3.88. The Labute approximate surface area is 128 Å². The molecule has 1 aliphatic rings. The number of ether oxygens (including phenoxy) is 1. The van der Waals surface area contributed by atoms with E-state index < -0.39 is 0 Å². The number of amides is 1. The number of nitrogen functional groups attached to an aromatic ring is 1. The number of rotatable bonds is 6. The Balaban J connectivity index is 1.76. The van der Waals surface area contributed by atoms with Gasteiger partial charge in [-0.2, -0.15) is 0 Å². The Morgan fingerprint density at radius 3 is 2.55 bits per heavy atom. The van der Waals surface area contributed by atoms with Crippen molar-refractivity contribution in [1.82, 2.24) is 0 Å². The zero-order valence-electron chi connectivity index (χ0n) is 11.1. The van der Waals surface area contributed by atoms with Crippen LogP contribution in [0.4, 0.5) is 11.4 Å². The summed E-state index contributed by atoms with van der Waals surface area (Å²) >= 11 is 12.0. The van der Waals surface area contributed by atoms with Crippen LogP contribution in [0.25, 0.3) is 0 Å². The highest BCUT2D eigenvalue weighted by Gasteiger charge is 2.17. The van der Waals surface area contributed by atoms with Gasteiger partial charge < -0.3 is 15.8 Å². The van der Waals surface area contributed by atoms with Crippen molar-refractivity contribution >= 4 is 40.5 Å². The first-order valence-corrected chi connectivity index (χ1v) is 7.48. The summed E-state index contributed by atoms with van der Waals surface area (Å²) in [7, 11) is 0. The average Bonchev–Trinajstić information content (AvgIpc) is 2.31. The summed E-state index contributed by atoms with van der Waals surface area (Å²) in [5.41, 5.74) is 6.48. The van der Waals surface area contributed by atoms with E-state index in [9.17, 15) is 4.79 Å². The van der Waals surface area contributed by atoms with Crippen molar-refractivity contribution < 1.29 is 9.53 Å². The smallest absolute Gasteiger partial charge is 0.224 e. The molecule has 3 N–H and O–H groups in total. The molecule has 0 aromatic heterocycles. The van der Waals surface area contributed by atoms with Gasteiger partial charge in [-0.15, -0.1) is 0 Å². The van der Waals surface area contributed by atoms with Gasteiger partial charge in [0.05, 0.1) is 21.8 Å². The van der Waals surface area contributed by atoms with Crippen molar-refractivity contribution in [3.63, 3.8) is 0 Å². The van der Waals surface area contributed by atoms with Gasteiger partial charge in [-0.25, -0.2) is 0 Å². The maximum absolute atomic E-state index is 11.8. The van der Waals surface area contributed by atoms with E-state index in [4.69, 9.17) is 33.7 Å². The number of halogens is 2. The molecule has 0 unspecified atom stereocenters. The molecule has 1 aromatic rings. The zero-order valence-corrected chi connectivity index (χ0v) is 12.6. The van der Waals surface area contributed by atoms with Crippen LogP contribution in [-0.2, 0) is 9.53 Å². The van der Waals surface area contributed by atoms with Crippen LogP contribution in [0.2, 0.25) is 10.0 Å². The molecular formula is C14H18Cl2N2O2. The minimum atomic E-state index is -0.129. The minimum absolute atomic E-state index is 0.129. The molecule has 0 saturated heterocycles. The fraction of sp³-hybridized carbons (Fsp3) is 0.500. The summed E-state index contributed by atoms with van der Waals surface area (Å²) in [6, 6.07) is 3.12. The fourth-order valence-electron chi connectivity index (χ4n) is 1.93. The van der Waals surface area contributed by atoms with Gasteiger partial charge in [0.1, 0.15) is 0 Å². The van der Waals surface area contributed by atoms with Crippen molar-refractivity contribution in [2.75, 3.05) is 17.7 Å². The molecule has 1 amide bonds. The lowest BCUT2D eigenvalue weighted by Gasteiger charge is -2.25. The van der Waals surface area contributed by atoms with Crippen LogP contribution >= 0.6 is 23.2 Å². The van der Waals surface area contributed by atoms with Crippen molar-refractivity contribution in [2.45, 2.75) is 38.2 Å². The number of hydrogen-bond donors (Lipinski definition) is 2. The summed E-state index contributed by atoms with van der Waals surface area (Å²) in [5, 5.41) is 3.39. The van der Waals surface area contributed by atoms with Crippen LogP contribution in [0.15, 0.2) is 12.1 Å². The highest BCUT2D eigenvalue weighted by molar-refractivity contribution is 6.40. The van der Waals surface area contributed by atoms with E-state index in [2.05, 4.69) is 5.32 Å². The predicted molar refractivity (Wildman–Crippen MR) is 82.3 cm³/mol. The van der Waals surface area contributed by atoms with Gasteiger partial charge in [-0.1, -0.05) is 23.2 Å². The summed E-state index contributed by atoms with van der Waals surface area (Å²) in [4.78, 5) is 11.8. The van der Waals surface area contributed by atoms with E-state index >= 15 is 0 Å². The number of nitrogens with one attached hydrogen (secondary N) is 1. The first-order valence-electron chi connectivity index (χ1n) is 6.72. The first-order chi connectivity index (χ1) is 9.56. The van der Waals surface area contributed by atoms with E-state index in [0.29, 0.717) is 47.0 Å². The van der Waals surface area contributed by atoms with Crippen LogP contribution in [0.1, 0.15) is 32.1 Å². The molecule has 0 bridgehead atoms. The van der Waals surface area contributed by atoms with Crippen molar-refractivity contribution in [3.8, 4) is 0 Å². The molecule has 0 spiro atoms. The van der Waals surface area contributed by atoms with E-state index in [0.717, 1.165) is 12.8 Å². The highest BCUT2D eigenvalue weighted by Crippen LogP contribution is 2.32. The van der Waals surface area contributed by atoms with Crippen LogP contribution in [0, 0.1) is 0 Å². The Hall–Kier alpha value is -0.970. The molecule has 1 fully saturated rings. The molecule has 0 atom stereocenters. The lowest BCUT2D eigenvalue weighted by molar-refractivity contribution is -0.116. The molecule has 6 heteroatoms. The first kappa shape index (κ1) is 15.4. The number of hydrogen-bond acceptors (Lipinski definition) is 3. The Bertz CT molecular complexity index is 467. The third kappa shape index (κ3) is 4.27. The second-order valence-electron chi connectivity index (χ2n) is 4.93. The molecular weight excluding hydrogens is 299 g/mol. The van der Waals surface area contributed by atoms with E-state index in [1.54, 1.807) is 12.1 Å². The van der Waals surface area contributed by atoms with Crippen LogP contribution in [0.3, 0.4) is 0 Å². The topological polar surface area (TPSA) is 64.3 Å². The average molecular weight is 317 g/mol. The lowest BCUT2D eigenvalue weighted by Crippen LogP contribution is -2.22. The number of carbonyl (C=O) groups excluding carboxylic acids is 1. The largest absolute Gasteiger partial charge is 0.399 e. The van der Waals surface area contributed by atoms with Gasteiger partial charge in [0.25, 0.3) is 0 Å². The number of anilines is 2. The Morgan fingerprint density at radius 2 is 2.00 bits per heavy atom. The molecule has 1 aliphatic carbocycles. The monoisotopic (exact) mass is 316 g/mol. The Kier molecular flexibility index (Phi) is 5.52. The standard InChI is InChI=1S/C14H18Cl2N2O2/c15-11-7-9(17)8-12(16)14(11)18-13(19)5-2-6-20-10-3-1-4-10/h7-8,10H,1-6,17H2,(H,18,19). The Morgan fingerprint density at radius 1 is 1.35 bits per heavy atom. The molecule has 110 valence electrons. The van der Waals surface area contributed by atoms with Crippen molar-refractivity contribution in [1.29, 1.82) is 0 Å². The predicted octanol–water partition coefficient (Wildman–Crippen LogP) is 3.86. The van der Waals surface area contributed by atoms with Gasteiger partial charge in [0.15, 0.2) is 0 Å². The van der Waals surface area contributed by atoms with Gasteiger partial charge >= 0.3 is 0 Å². The maximum Gasteiger partial charge on any atom is 0.224 e. The van der Waals surface area contributed by atoms with E-state index in [1.165, 1.54) is 6.42 Å². The summed E-state index contributed by atoms with van der Waals surface area (Å²) < 4.78 is 5.59. The maximum atomic E-state index is 11.8. The molecule has 20 heavy (non-hydrogen) atoms. The molecule has 0 radical (unpaired) electrons. The number of carbonyl (C=O) groups is 1. The molecule has 1 saturated carbocycles. The highest BCUT2D eigenvalue weighted by atomic mass is 35.5. The van der Waals surface area contributed by atoms with E-state index in [-0.39, 0.29) is 5.91 Å². The fourth-order valence-corrected chi connectivity index (χ4v) is 2.53. The van der Waals surface area contributed by atoms with Gasteiger partial charge in [0, 0.05) is 18.7 Å². The minimum Gasteiger partial charge on any atom is -0.399 e. The molecule has 4 nitrogen and oxygen atoms in total. The second-order valence-corrected chi connectivity index (χ2v) is 5.75. The van der Waals surface area contributed by atoms with E-state index in [1.807, 2.05) is 0 Å². The van der Waals surface area contributed by atoms with Gasteiger partial charge in [0.2, 0.25) is 5.91 Å². The van der Waals surface area contributed by atoms with Crippen molar-refractivity contribution in [2.24, 2.45) is 0 Å².